The number of fused-ring (bicyclic) bond motifs is 1. The van der Waals surface area contributed by atoms with E-state index < -0.39 is 17.5 Å². The third-order valence-electron chi connectivity index (χ3n) is 5.36. The number of thiazole rings is 1. The number of carbonyl (C=O) groups excluding carboxylic acids is 1. The van der Waals surface area contributed by atoms with Crippen LogP contribution in [0.5, 0.6) is 5.75 Å². The number of hydrogen-bond donors (Lipinski definition) is 2. The second-order valence-electron chi connectivity index (χ2n) is 7.66. The molecule has 2 N–H and O–H groups in total. The molecule has 1 aliphatic rings. The van der Waals surface area contributed by atoms with Crippen LogP contribution in [0.15, 0.2) is 30.3 Å². The molecule has 0 bridgehead atoms. The number of rotatable bonds is 5. The monoisotopic (exact) mass is 463 g/mol. The van der Waals surface area contributed by atoms with Gasteiger partial charge >= 0.3 is 0 Å². The van der Waals surface area contributed by atoms with Gasteiger partial charge in [0.15, 0.2) is 0 Å². The van der Waals surface area contributed by atoms with Gasteiger partial charge in [0.25, 0.3) is 11.8 Å². The predicted octanol–water partition coefficient (Wildman–Crippen LogP) is 5.72. The first kappa shape index (κ1) is 24.0. The number of carbonyl (C=O) groups is 1. The summed E-state index contributed by atoms with van der Waals surface area (Å²) in [5.74, 6) is -2.74. The molecule has 0 radical (unpaired) electrons. The minimum Gasteiger partial charge on any atom is -0.494 e. The molecule has 6 nitrogen and oxygen atoms in total. The molecule has 1 aromatic carbocycles. The second-order valence-corrected chi connectivity index (χ2v) is 8.72. The summed E-state index contributed by atoms with van der Waals surface area (Å²) in [7, 11) is 2.52. The lowest BCUT2D eigenvalue weighted by atomic mass is 9.90. The highest BCUT2D eigenvalue weighted by Crippen LogP contribution is 2.39. The Morgan fingerprint density at radius 3 is 2.56 bits per heavy atom. The number of halogens is 2. The molecule has 172 valence electrons. The number of nitrogens with one attached hydrogen (secondary N) is 1. The molecule has 32 heavy (non-hydrogen) atoms. The fraction of sp³-hybridized carbons (Fsp3) is 0.435. The summed E-state index contributed by atoms with van der Waals surface area (Å²) >= 11 is 1.63. The van der Waals surface area contributed by atoms with Crippen molar-refractivity contribution in [1.82, 2.24) is 9.97 Å². The average Bonchev–Trinajstić information content (AvgIpc) is 3.23. The molecule has 0 spiro atoms. The summed E-state index contributed by atoms with van der Waals surface area (Å²) in [5, 5.41) is 10.9. The summed E-state index contributed by atoms with van der Waals surface area (Å²) in [4.78, 5) is 21.3. The van der Waals surface area contributed by atoms with Gasteiger partial charge in [-0.2, -0.15) is 8.78 Å². The van der Waals surface area contributed by atoms with Gasteiger partial charge in [-0.25, -0.2) is 9.97 Å². The maximum Gasteiger partial charge on any atom is 0.287 e. The molecule has 0 atom stereocenters. The van der Waals surface area contributed by atoms with Crippen LogP contribution in [0, 0.1) is 0 Å². The predicted molar refractivity (Wildman–Crippen MR) is 122 cm³/mol. The van der Waals surface area contributed by atoms with Crippen molar-refractivity contribution in [2.45, 2.75) is 50.9 Å². The van der Waals surface area contributed by atoms with Crippen molar-refractivity contribution in [3.8, 4) is 5.75 Å². The number of aromatic nitrogens is 2. The van der Waals surface area contributed by atoms with E-state index in [1.807, 2.05) is 6.07 Å². The smallest absolute Gasteiger partial charge is 0.287 e. The minimum absolute atomic E-state index is 0.0802. The number of alkyl halides is 2. The molecular weight excluding hydrogens is 436 g/mol. The highest BCUT2D eigenvalue weighted by molar-refractivity contribution is 7.18. The van der Waals surface area contributed by atoms with E-state index in [0.29, 0.717) is 17.4 Å². The first-order valence-corrected chi connectivity index (χ1v) is 11.3. The van der Waals surface area contributed by atoms with Crippen LogP contribution in [0.2, 0.25) is 0 Å². The zero-order chi connectivity index (χ0) is 23.3. The Morgan fingerprint density at radius 2 is 1.91 bits per heavy atom. The van der Waals surface area contributed by atoms with Crippen molar-refractivity contribution in [2.24, 2.45) is 0 Å². The third-order valence-corrected chi connectivity index (χ3v) is 6.54. The van der Waals surface area contributed by atoms with Gasteiger partial charge in [0.1, 0.15) is 17.1 Å². The van der Waals surface area contributed by atoms with Gasteiger partial charge in [0.05, 0.1) is 28.0 Å². The van der Waals surface area contributed by atoms with Gasteiger partial charge < -0.3 is 15.2 Å². The van der Waals surface area contributed by atoms with Gasteiger partial charge in [-0.05, 0) is 31.0 Å². The maximum atomic E-state index is 13.6. The van der Waals surface area contributed by atoms with Crippen molar-refractivity contribution in [3.63, 3.8) is 0 Å². The molecule has 9 heteroatoms. The largest absolute Gasteiger partial charge is 0.494 e. The molecule has 1 amide bonds. The van der Waals surface area contributed by atoms with E-state index in [2.05, 4.69) is 10.3 Å². The molecule has 2 aromatic heterocycles. The summed E-state index contributed by atoms with van der Waals surface area (Å²) < 4.78 is 33.5. The molecular formula is C23H27F2N3O3S. The fourth-order valence-corrected chi connectivity index (χ4v) is 4.91. The van der Waals surface area contributed by atoms with E-state index in [1.165, 1.54) is 44.6 Å². The van der Waals surface area contributed by atoms with Crippen LogP contribution in [0.3, 0.4) is 0 Å². The van der Waals surface area contributed by atoms with Crippen LogP contribution in [0.25, 0.3) is 10.2 Å². The summed E-state index contributed by atoms with van der Waals surface area (Å²) in [6.45, 7) is 0.752. The van der Waals surface area contributed by atoms with Gasteiger partial charge in [-0.1, -0.05) is 25.3 Å². The number of aliphatic hydroxyl groups is 1. The Labute approximate surface area is 189 Å². The van der Waals surface area contributed by atoms with Crippen LogP contribution >= 0.6 is 11.3 Å². The highest BCUT2D eigenvalue weighted by Gasteiger charge is 2.27. The van der Waals surface area contributed by atoms with E-state index in [9.17, 15) is 13.6 Å². The van der Waals surface area contributed by atoms with Gasteiger partial charge in [-0.15, -0.1) is 11.3 Å². The van der Waals surface area contributed by atoms with Crippen LogP contribution in [-0.4, -0.2) is 35.2 Å². The first-order valence-electron chi connectivity index (χ1n) is 10.4. The number of hydrogen-bond acceptors (Lipinski definition) is 6. The van der Waals surface area contributed by atoms with E-state index in [4.69, 9.17) is 14.8 Å². The SMILES string of the molecule is CO.COc1cc2nc(C3CCCCC3)sc2cc1NC(=O)c1cccc(C(C)(F)F)n1. The van der Waals surface area contributed by atoms with Crippen LogP contribution < -0.4 is 10.1 Å². The Hall–Kier alpha value is -2.65. The molecule has 1 saturated carbocycles. The number of ether oxygens (including phenoxy) is 1. The Kier molecular flexibility index (Phi) is 7.73. The Bertz CT molecular complexity index is 1080. The lowest BCUT2D eigenvalue weighted by Gasteiger charge is -2.18. The fourth-order valence-electron chi connectivity index (χ4n) is 3.76. The topological polar surface area (TPSA) is 84.3 Å². The first-order chi connectivity index (χ1) is 15.3. The van der Waals surface area contributed by atoms with Crippen molar-refractivity contribution in [1.29, 1.82) is 0 Å². The molecule has 1 aliphatic carbocycles. The number of aliphatic hydroxyl groups excluding tert-OH is 1. The van der Waals surface area contributed by atoms with Crippen molar-refractivity contribution in [3.05, 3.63) is 46.7 Å². The van der Waals surface area contributed by atoms with E-state index in [1.54, 1.807) is 17.4 Å². The number of anilines is 1. The molecule has 3 aromatic rings. The normalized spacial score (nSPS) is 14.6. The van der Waals surface area contributed by atoms with Crippen LogP contribution in [-0.2, 0) is 5.92 Å². The molecule has 4 rings (SSSR count). The van der Waals surface area contributed by atoms with Gasteiger partial charge in [-0.3, -0.25) is 4.79 Å². The van der Waals surface area contributed by atoms with E-state index in [-0.39, 0.29) is 5.69 Å². The lowest BCUT2D eigenvalue weighted by Crippen LogP contribution is -2.17. The van der Waals surface area contributed by atoms with Crippen molar-refractivity contribution >= 4 is 33.1 Å². The number of nitrogens with zero attached hydrogens (tertiary/aromatic N) is 2. The van der Waals surface area contributed by atoms with Gasteiger partial charge in [0.2, 0.25) is 0 Å². The van der Waals surface area contributed by atoms with Crippen LogP contribution in [0.4, 0.5) is 14.5 Å². The average molecular weight is 464 g/mol. The highest BCUT2D eigenvalue weighted by atomic mass is 32.1. The second kappa shape index (κ2) is 10.3. The van der Waals surface area contributed by atoms with Crippen LogP contribution in [0.1, 0.15) is 66.1 Å². The lowest BCUT2D eigenvalue weighted by molar-refractivity contribution is 0.0126. The maximum absolute atomic E-state index is 13.6. The number of amides is 1. The molecule has 1 fully saturated rings. The molecule has 0 aliphatic heterocycles. The summed E-state index contributed by atoms with van der Waals surface area (Å²) in [5.41, 5.74) is 0.769. The van der Waals surface area contributed by atoms with E-state index >= 15 is 0 Å². The Morgan fingerprint density at radius 1 is 1.19 bits per heavy atom. The minimum atomic E-state index is -3.12. The summed E-state index contributed by atoms with van der Waals surface area (Å²) in [6.07, 6.45) is 6.06. The van der Waals surface area contributed by atoms with E-state index in [0.717, 1.165) is 42.1 Å². The zero-order valence-electron chi connectivity index (χ0n) is 18.3. The quantitative estimate of drug-likeness (QED) is 0.506. The standard InChI is InChI=1S/C22H23F2N3O2S.CH4O/c1-22(23,24)19-10-6-9-14(25-19)20(28)26-15-12-18-16(11-17(15)29-2)27-21(30-18)13-7-4-3-5-8-13;1-2/h6,9-13H,3-5,7-8H2,1-2H3,(H,26,28);2H,1H3. The number of methoxy groups -OCH3 is 1. The van der Waals surface area contributed by atoms with Crippen molar-refractivity contribution in [2.75, 3.05) is 19.5 Å². The summed E-state index contributed by atoms with van der Waals surface area (Å²) in [6, 6.07) is 7.64. The van der Waals surface area contributed by atoms with Gasteiger partial charge in [0, 0.05) is 26.0 Å². The Balaban J connectivity index is 0.00000141. The zero-order valence-corrected chi connectivity index (χ0v) is 19.1. The molecule has 0 saturated heterocycles. The third kappa shape index (κ3) is 5.39. The molecule has 0 unspecified atom stereocenters. The molecule has 2 heterocycles. The number of pyridine rings is 1. The number of benzene rings is 1. The van der Waals surface area contributed by atoms with Crippen molar-refractivity contribution < 1.29 is 23.4 Å².